The first-order valence-electron chi connectivity index (χ1n) is 14.2. The molecule has 0 spiro atoms. The SMILES string of the molecule is C[C@@H]1CN(c2c(CO[Si](c3ccccc3)(c3ccccc3)C(C)(C)C)cc(C(=O)C(=O)N(C)C)c(F)c2F)C[C@H](C)O1. The van der Waals surface area contributed by atoms with Crippen LogP contribution in [0.2, 0.25) is 5.04 Å². The second kappa shape index (κ2) is 12.4. The number of Topliss-reactive ketones (excluding diaryl/α,β-unsaturated/α-hetero) is 1. The van der Waals surface area contributed by atoms with Gasteiger partial charge in [0.1, 0.15) is 0 Å². The number of halogens is 2. The van der Waals surface area contributed by atoms with Gasteiger partial charge in [-0.3, -0.25) is 9.59 Å². The van der Waals surface area contributed by atoms with E-state index in [1.807, 2.05) is 74.5 Å². The Morgan fingerprint density at radius 1 is 0.929 bits per heavy atom. The molecule has 0 radical (unpaired) electrons. The van der Waals surface area contributed by atoms with Crippen LogP contribution in [0, 0.1) is 11.6 Å². The van der Waals surface area contributed by atoms with Crippen molar-refractivity contribution in [3.63, 3.8) is 0 Å². The molecule has 0 aromatic heterocycles. The van der Waals surface area contributed by atoms with Crippen LogP contribution >= 0.6 is 0 Å². The monoisotopic (exact) mass is 594 g/mol. The van der Waals surface area contributed by atoms with Gasteiger partial charge >= 0.3 is 0 Å². The summed E-state index contributed by atoms with van der Waals surface area (Å²) in [4.78, 5) is 28.4. The molecule has 1 fully saturated rings. The van der Waals surface area contributed by atoms with Crippen LogP contribution in [0.5, 0.6) is 0 Å². The Morgan fingerprint density at radius 3 is 1.88 bits per heavy atom. The van der Waals surface area contributed by atoms with E-state index in [2.05, 4.69) is 20.8 Å². The predicted molar refractivity (Wildman–Crippen MR) is 164 cm³/mol. The third-order valence-corrected chi connectivity index (χ3v) is 12.7. The molecule has 4 rings (SSSR count). The van der Waals surface area contributed by atoms with Crippen molar-refractivity contribution in [3.05, 3.63) is 89.5 Å². The number of carbonyl (C=O) groups excluding carboxylic acids is 2. The van der Waals surface area contributed by atoms with Crippen LogP contribution in [0.4, 0.5) is 14.5 Å². The molecule has 1 heterocycles. The number of ketones is 1. The molecule has 3 aromatic carbocycles. The van der Waals surface area contributed by atoms with Crippen molar-refractivity contribution in [3.8, 4) is 0 Å². The molecule has 1 saturated heterocycles. The Bertz CT molecular complexity index is 1380. The highest BCUT2D eigenvalue weighted by molar-refractivity contribution is 6.99. The van der Waals surface area contributed by atoms with Gasteiger partial charge < -0.3 is 19.0 Å². The van der Waals surface area contributed by atoms with Crippen LogP contribution < -0.4 is 15.3 Å². The highest BCUT2D eigenvalue weighted by Crippen LogP contribution is 2.39. The van der Waals surface area contributed by atoms with Gasteiger partial charge in [0.25, 0.3) is 20.0 Å². The second-order valence-corrected chi connectivity index (χ2v) is 16.5. The van der Waals surface area contributed by atoms with Gasteiger partial charge in [-0.1, -0.05) is 81.4 Å². The van der Waals surface area contributed by atoms with E-state index in [-0.39, 0.29) is 29.5 Å². The molecule has 2 atom stereocenters. The molecule has 1 amide bonds. The van der Waals surface area contributed by atoms with Gasteiger partial charge in [-0.05, 0) is 35.3 Å². The van der Waals surface area contributed by atoms with E-state index in [1.165, 1.54) is 20.2 Å². The molecule has 0 N–H and O–H groups in total. The van der Waals surface area contributed by atoms with Crippen LogP contribution in [0.3, 0.4) is 0 Å². The summed E-state index contributed by atoms with van der Waals surface area (Å²) >= 11 is 0. The number of morpholine rings is 1. The molecule has 3 aromatic rings. The molecule has 0 bridgehead atoms. The number of nitrogens with zero attached hydrogens (tertiary/aromatic N) is 2. The molecule has 9 heteroatoms. The summed E-state index contributed by atoms with van der Waals surface area (Å²) in [6.07, 6.45) is -0.448. The normalized spacial score (nSPS) is 17.7. The zero-order chi connectivity index (χ0) is 30.8. The molecule has 0 aliphatic carbocycles. The Labute approximate surface area is 248 Å². The number of likely N-dealkylation sites (N-methyl/N-ethyl adjacent to an activating group) is 1. The first kappa shape index (κ1) is 31.5. The number of ether oxygens (including phenoxy) is 1. The highest BCUT2D eigenvalue weighted by Gasteiger charge is 2.50. The summed E-state index contributed by atoms with van der Waals surface area (Å²) in [6, 6.07) is 21.3. The number of anilines is 1. The zero-order valence-corrected chi connectivity index (χ0v) is 26.4. The second-order valence-electron chi connectivity index (χ2n) is 12.2. The number of hydrogen-bond acceptors (Lipinski definition) is 5. The zero-order valence-electron chi connectivity index (χ0n) is 25.4. The van der Waals surface area contributed by atoms with Crippen LogP contribution in [-0.2, 0) is 20.6 Å². The summed E-state index contributed by atoms with van der Waals surface area (Å²) in [7, 11) is -0.276. The Kier molecular flexibility index (Phi) is 9.35. The molecular weight excluding hydrogens is 554 g/mol. The molecule has 6 nitrogen and oxygen atoms in total. The van der Waals surface area contributed by atoms with E-state index in [9.17, 15) is 9.59 Å². The van der Waals surface area contributed by atoms with Crippen LogP contribution in [-0.4, -0.2) is 64.3 Å². The first-order valence-corrected chi connectivity index (χ1v) is 16.1. The third kappa shape index (κ3) is 6.04. The van der Waals surface area contributed by atoms with Gasteiger partial charge in [0.05, 0.1) is 30.1 Å². The smallest absolute Gasteiger partial charge is 0.294 e. The summed E-state index contributed by atoms with van der Waals surface area (Å²) in [5.41, 5.74) is -0.273. The summed E-state index contributed by atoms with van der Waals surface area (Å²) < 4.78 is 44.6. The Balaban J connectivity index is 1.92. The van der Waals surface area contributed by atoms with E-state index in [4.69, 9.17) is 9.16 Å². The standard InChI is InChI=1S/C33H40F2N2O4Si/c1-22-19-37(20-23(2)41-22)30-24(18-27(28(34)29(30)35)31(38)32(39)36(6)7)21-40-42(33(3,4)5,25-14-10-8-11-15-25)26-16-12-9-13-17-26/h8-18,22-23H,19-21H2,1-7H3/t22-,23+. The minimum atomic E-state index is -3.07. The number of rotatable bonds is 8. The van der Waals surface area contributed by atoms with Crippen molar-refractivity contribution in [2.45, 2.75) is 58.5 Å². The average molecular weight is 595 g/mol. The topological polar surface area (TPSA) is 59.1 Å². The molecule has 224 valence electrons. The Hall–Kier alpha value is -3.40. The maximum atomic E-state index is 16.1. The van der Waals surface area contributed by atoms with Crippen LogP contribution in [0.1, 0.15) is 50.5 Å². The van der Waals surface area contributed by atoms with Crippen molar-refractivity contribution >= 4 is 36.1 Å². The van der Waals surface area contributed by atoms with Gasteiger partial charge in [-0.15, -0.1) is 0 Å². The third-order valence-electron chi connectivity index (χ3n) is 7.70. The fourth-order valence-corrected chi connectivity index (χ4v) is 10.4. The molecule has 0 saturated carbocycles. The van der Waals surface area contributed by atoms with Crippen molar-refractivity contribution in [1.82, 2.24) is 4.90 Å². The van der Waals surface area contributed by atoms with Gasteiger partial charge in [-0.2, -0.15) is 0 Å². The molecular formula is C33H40F2N2O4Si. The molecule has 42 heavy (non-hydrogen) atoms. The number of amides is 1. The van der Waals surface area contributed by atoms with Gasteiger partial charge in [0, 0.05) is 32.7 Å². The fraction of sp³-hybridized carbons (Fsp3) is 0.394. The van der Waals surface area contributed by atoms with Crippen LogP contribution in [0.15, 0.2) is 66.7 Å². The van der Waals surface area contributed by atoms with Crippen molar-refractivity contribution in [2.75, 3.05) is 32.1 Å². The average Bonchev–Trinajstić information content (AvgIpc) is 2.94. The first-order chi connectivity index (χ1) is 19.8. The van der Waals surface area contributed by atoms with Gasteiger partial charge in [0.2, 0.25) is 0 Å². The van der Waals surface area contributed by atoms with Gasteiger partial charge in [0.15, 0.2) is 11.6 Å². The van der Waals surface area contributed by atoms with E-state index < -0.39 is 37.2 Å². The van der Waals surface area contributed by atoms with E-state index >= 15 is 8.78 Å². The quantitative estimate of drug-likeness (QED) is 0.211. The number of hydrogen-bond donors (Lipinski definition) is 0. The largest absolute Gasteiger partial charge is 0.403 e. The Morgan fingerprint density at radius 2 is 1.43 bits per heavy atom. The van der Waals surface area contributed by atoms with E-state index in [0.29, 0.717) is 18.7 Å². The number of carbonyl (C=O) groups is 2. The lowest BCUT2D eigenvalue weighted by atomic mass is 10.0. The number of benzene rings is 3. The van der Waals surface area contributed by atoms with E-state index in [0.717, 1.165) is 15.3 Å². The predicted octanol–water partition coefficient (Wildman–Crippen LogP) is 4.93. The fourth-order valence-electron chi connectivity index (χ4n) is 5.91. The maximum Gasteiger partial charge on any atom is 0.294 e. The van der Waals surface area contributed by atoms with E-state index in [1.54, 1.807) is 4.90 Å². The van der Waals surface area contributed by atoms with Crippen molar-refractivity contribution in [1.29, 1.82) is 0 Å². The summed E-state index contributed by atoms with van der Waals surface area (Å²) in [5, 5.41) is 1.69. The molecule has 0 unspecified atom stereocenters. The lowest BCUT2D eigenvalue weighted by molar-refractivity contribution is -0.124. The lowest BCUT2D eigenvalue weighted by Gasteiger charge is -2.43. The minimum Gasteiger partial charge on any atom is -0.403 e. The summed E-state index contributed by atoms with van der Waals surface area (Å²) in [6.45, 7) is 10.7. The van der Waals surface area contributed by atoms with Gasteiger partial charge in [-0.25, -0.2) is 8.78 Å². The minimum absolute atomic E-state index is 0.0290. The van der Waals surface area contributed by atoms with Crippen LogP contribution in [0.25, 0.3) is 0 Å². The highest BCUT2D eigenvalue weighted by atomic mass is 28.4. The lowest BCUT2D eigenvalue weighted by Crippen LogP contribution is -2.66. The molecule has 1 aliphatic rings. The summed E-state index contributed by atoms with van der Waals surface area (Å²) in [5.74, 6) is -4.56. The molecule has 1 aliphatic heterocycles. The maximum absolute atomic E-state index is 16.1. The van der Waals surface area contributed by atoms with Crippen molar-refractivity contribution in [2.24, 2.45) is 0 Å². The van der Waals surface area contributed by atoms with Crippen molar-refractivity contribution < 1.29 is 27.5 Å².